The van der Waals surface area contributed by atoms with Gasteiger partial charge in [0.2, 0.25) is 0 Å². The van der Waals surface area contributed by atoms with Crippen molar-refractivity contribution in [2.75, 3.05) is 23.8 Å². The molecule has 74 valence electrons. The normalized spacial score (nSPS) is 9.21. The van der Waals surface area contributed by atoms with E-state index in [1.807, 2.05) is 18.1 Å². The Morgan fingerprint density at radius 3 is 3.00 bits per heavy atom. The summed E-state index contributed by atoms with van der Waals surface area (Å²) in [5.41, 5.74) is 0. The van der Waals surface area contributed by atoms with Crippen molar-refractivity contribution in [3.05, 3.63) is 12.4 Å². The van der Waals surface area contributed by atoms with Gasteiger partial charge in [0, 0.05) is 19.7 Å². The summed E-state index contributed by atoms with van der Waals surface area (Å²) in [4.78, 5) is 10.0. The molecule has 0 saturated heterocycles. The fourth-order valence-electron chi connectivity index (χ4n) is 1.13. The molecule has 0 saturated carbocycles. The largest absolute Gasteiger partial charge is 0.360 e. The second-order valence-electron chi connectivity index (χ2n) is 2.92. The molecule has 0 fully saturated rings. The first-order chi connectivity index (χ1) is 6.77. The number of aromatic nitrogens is 2. The summed E-state index contributed by atoms with van der Waals surface area (Å²) in [6, 6.07) is 1.75. The molecule has 1 heterocycles. The third-order valence-electron chi connectivity index (χ3n) is 1.79. The van der Waals surface area contributed by atoms with Crippen LogP contribution in [0.4, 0.5) is 11.6 Å². The summed E-state index contributed by atoms with van der Waals surface area (Å²) < 4.78 is 0. The van der Waals surface area contributed by atoms with Crippen molar-refractivity contribution in [2.45, 2.75) is 13.3 Å². The van der Waals surface area contributed by atoms with Crippen LogP contribution < -0.4 is 10.2 Å². The van der Waals surface area contributed by atoms with E-state index in [-0.39, 0.29) is 0 Å². The van der Waals surface area contributed by atoms with Gasteiger partial charge in [-0.25, -0.2) is 9.97 Å². The summed E-state index contributed by atoms with van der Waals surface area (Å²) in [6.07, 6.45) is 4.33. The third-order valence-corrected chi connectivity index (χ3v) is 1.79. The maximum atomic E-state index is 8.42. The molecule has 0 aliphatic carbocycles. The Bertz CT molecular complexity index is 330. The molecule has 1 aromatic rings. The second kappa shape index (κ2) is 5.02. The lowest BCUT2D eigenvalue weighted by molar-refractivity contribution is 0.835. The fourth-order valence-corrected chi connectivity index (χ4v) is 1.13. The maximum absolute atomic E-state index is 8.42. The van der Waals surface area contributed by atoms with Crippen molar-refractivity contribution < 1.29 is 0 Å². The van der Waals surface area contributed by atoms with Gasteiger partial charge in [0.05, 0.1) is 0 Å². The molecule has 0 aromatic carbocycles. The molecule has 14 heavy (non-hydrogen) atoms. The molecule has 0 bridgehead atoms. The molecule has 0 unspecified atom stereocenters. The molecule has 0 radical (unpaired) electrons. The second-order valence-corrected chi connectivity index (χ2v) is 2.92. The minimum absolute atomic E-state index is 0.528. The van der Waals surface area contributed by atoms with Crippen molar-refractivity contribution in [3.63, 3.8) is 0 Å². The van der Waals surface area contributed by atoms with Crippen LogP contribution in [0.2, 0.25) is 0 Å². The first-order valence-electron chi connectivity index (χ1n) is 4.46. The van der Waals surface area contributed by atoms with E-state index in [9.17, 15) is 0 Å². The summed E-state index contributed by atoms with van der Waals surface area (Å²) in [6.45, 7) is 3.04. The molecule has 5 heteroatoms. The number of anilines is 2. The quantitative estimate of drug-likeness (QED) is 0.572. The van der Waals surface area contributed by atoms with Gasteiger partial charge in [-0.1, -0.05) is 6.92 Å². The topological polar surface area (TPSA) is 64.8 Å². The van der Waals surface area contributed by atoms with Crippen molar-refractivity contribution in [2.24, 2.45) is 0 Å². The van der Waals surface area contributed by atoms with Gasteiger partial charge in [-0.05, 0) is 6.42 Å². The molecule has 0 spiro atoms. The molecule has 1 N–H and O–H groups in total. The van der Waals surface area contributed by atoms with Gasteiger partial charge >= 0.3 is 0 Å². The van der Waals surface area contributed by atoms with Crippen LogP contribution in [0.3, 0.4) is 0 Å². The van der Waals surface area contributed by atoms with Crippen LogP contribution in [0.1, 0.15) is 13.3 Å². The summed E-state index contributed by atoms with van der Waals surface area (Å²) >= 11 is 0. The van der Waals surface area contributed by atoms with Crippen LogP contribution in [0.15, 0.2) is 12.4 Å². The lowest BCUT2D eigenvalue weighted by Gasteiger charge is -2.16. The fraction of sp³-hybridized carbons (Fsp3) is 0.444. The van der Waals surface area contributed by atoms with Crippen LogP contribution in [0.25, 0.3) is 0 Å². The highest BCUT2D eigenvalue weighted by Gasteiger charge is 2.02. The van der Waals surface area contributed by atoms with Gasteiger partial charge in [0.25, 0.3) is 0 Å². The molecule has 0 amide bonds. The van der Waals surface area contributed by atoms with E-state index in [0.29, 0.717) is 5.82 Å². The van der Waals surface area contributed by atoms with Crippen LogP contribution in [-0.2, 0) is 0 Å². The highest BCUT2D eigenvalue weighted by Crippen LogP contribution is 2.11. The maximum Gasteiger partial charge on any atom is 0.182 e. The molecular formula is C9H13N5. The number of rotatable bonds is 4. The summed E-state index contributed by atoms with van der Waals surface area (Å²) in [7, 11) is 1.96. The Kier molecular flexibility index (Phi) is 3.68. The van der Waals surface area contributed by atoms with E-state index < -0.39 is 0 Å². The molecule has 0 aliphatic heterocycles. The zero-order valence-electron chi connectivity index (χ0n) is 8.36. The monoisotopic (exact) mass is 191 g/mol. The van der Waals surface area contributed by atoms with E-state index in [0.717, 1.165) is 18.8 Å². The Hall–Kier alpha value is -1.83. The summed E-state index contributed by atoms with van der Waals surface area (Å²) in [5.74, 6) is 1.35. The zero-order valence-corrected chi connectivity index (χ0v) is 8.36. The average molecular weight is 191 g/mol. The van der Waals surface area contributed by atoms with Crippen LogP contribution in [0, 0.1) is 11.5 Å². The first-order valence-corrected chi connectivity index (χ1v) is 4.46. The van der Waals surface area contributed by atoms with Gasteiger partial charge in [0.15, 0.2) is 6.19 Å². The zero-order chi connectivity index (χ0) is 10.4. The molecule has 1 aromatic heterocycles. The van der Waals surface area contributed by atoms with E-state index >= 15 is 0 Å². The van der Waals surface area contributed by atoms with E-state index in [1.54, 1.807) is 6.07 Å². The van der Waals surface area contributed by atoms with Crippen molar-refractivity contribution in [3.8, 4) is 6.19 Å². The third kappa shape index (κ3) is 2.59. The molecule has 1 rings (SSSR count). The molecular weight excluding hydrogens is 178 g/mol. The Morgan fingerprint density at radius 2 is 2.36 bits per heavy atom. The van der Waals surface area contributed by atoms with E-state index in [1.165, 1.54) is 6.33 Å². The molecule has 0 atom stereocenters. The lowest BCUT2D eigenvalue weighted by Crippen LogP contribution is -2.19. The number of hydrogen-bond acceptors (Lipinski definition) is 5. The van der Waals surface area contributed by atoms with Crippen LogP contribution in [0.5, 0.6) is 0 Å². The van der Waals surface area contributed by atoms with E-state index in [2.05, 4.69) is 22.2 Å². The van der Waals surface area contributed by atoms with Gasteiger partial charge in [-0.15, -0.1) is 0 Å². The van der Waals surface area contributed by atoms with Crippen LogP contribution >= 0.6 is 0 Å². The predicted octanol–water partition coefficient (Wildman–Crippen LogP) is 1.22. The minimum atomic E-state index is 0.528. The Balaban J connectivity index is 2.78. The number of hydrogen-bond donors (Lipinski definition) is 1. The number of nitrogens with one attached hydrogen (secondary N) is 1. The van der Waals surface area contributed by atoms with Crippen molar-refractivity contribution in [1.82, 2.24) is 9.97 Å². The number of nitrogens with zero attached hydrogens (tertiary/aromatic N) is 4. The minimum Gasteiger partial charge on any atom is -0.360 e. The van der Waals surface area contributed by atoms with Gasteiger partial charge in [0.1, 0.15) is 18.0 Å². The van der Waals surface area contributed by atoms with Crippen molar-refractivity contribution in [1.29, 1.82) is 5.26 Å². The van der Waals surface area contributed by atoms with E-state index in [4.69, 9.17) is 5.26 Å². The lowest BCUT2D eigenvalue weighted by atomic mass is 10.4. The average Bonchev–Trinajstić information content (AvgIpc) is 2.19. The Morgan fingerprint density at radius 1 is 1.57 bits per heavy atom. The smallest absolute Gasteiger partial charge is 0.182 e. The predicted molar refractivity (Wildman–Crippen MR) is 54.8 cm³/mol. The highest BCUT2D eigenvalue weighted by molar-refractivity contribution is 5.49. The highest BCUT2D eigenvalue weighted by atomic mass is 15.2. The SMILES string of the molecule is CCCN(C)c1cc(NC#N)ncn1. The van der Waals surface area contributed by atoms with Gasteiger partial charge < -0.3 is 4.90 Å². The summed E-state index contributed by atoms with van der Waals surface area (Å²) in [5, 5.41) is 10.9. The molecule has 0 aliphatic rings. The molecule has 5 nitrogen and oxygen atoms in total. The van der Waals surface area contributed by atoms with Gasteiger partial charge in [-0.3, -0.25) is 5.32 Å². The Labute approximate surface area is 83.4 Å². The van der Waals surface area contributed by atoms with Gasteiger partial charge in [-0.2, -0.15) is 5.26 Å². The van der Waals surface area contributed by atoms with Crippen LogP contribution in [-0.4, -0.2) is 23.6 Å². The van der Waals surface area contributed by atoms with Crippen molar-refractivity contribution >= 4 is 11.6 Å². The number of nitriles is 1. The standard InChI is InChI=1S/C9H13N5/c1-3-4-14(2)9-5-8(11-6-10)12-7-13-9/h5,7H,3-4H2,1-2H3,(H,11,12,13). The first kappa shape index (κ1) is 10.3.